The Morgan fingerprint density at radius 1 is 1.45 bits per heavy atom. The van der Waals surface area contributed by atoms with Crippen LogP contribution in [0.25, 0.3) is 0 Å². The monoisotopic (exact) mass is 283 g/mol. The quantitative estimate of drug-likeness (QED) is 0.811. The number of carbonyl (C=O) groups is 1. The van der Waals surface area contributed by atoms with E-state index in [1.807, 2.05) is 14.0 Å². The second kappa shape index (κ2) is 5.75. The number of nitrogens with one attached hydrogen (secondary N) is 1. The van der Waals surface area contributed by atoms with E-state index >= 15 is 0 Å². The number of likely N-dealkylation sites (tertiary alicyclic amines) is 1. The molecule has 0 saturated carbocycles. The molecule has 110 valence electrons. The standard InChI is InChI=1S/C14H19F2N3O/c1-8-7-19(2)6-5-11(8)18-14(20)12-9(15)3-4-10(17)13(12)16/h3-4,8,11H,5-7,17H2,1-2H3,(H,18,20). The van der Waals surface area contributed by atoms with Crippen LogP contribution in [0, 0.1) is 17.6 Å². The van der Waals surface area contributed by atoms with Crippen LogP contribution in [0.1, 0.15) is 23.7 Å². The predicted molar refractivity (Wildman–Crippen MR) is 73.3 cm³/mol. The molecule has 6 heteroatoms. The molecule has 1 saturated heterocycles. The highest BCUT2D eigenvalue weighted by Crippen LogP contribution is 2.20. The van der Waals surface area contributed by atoms with E-state index in [9.17, 15) is 13.6 Å². The number of piperidine rings is 1. The first-order chi connectivity index (χ1) is 9.40. The average Bonchev–Trinajstić information content (AvgIpc) is 2.38. The Balaban J connectivity index is 2.15. The molecule has 1 amide bonds. The highest BCUT2D eigenvalue weighted by atomic mass is 19.1. The number of benzene rings is 1. The number of nitrogens with two attached hydrogens (primary N) is 1. The van der Waals surface area contributed by atoms with Crippen molar-refractivity contribution in [3.63, 3.8) is 0 Å². The van der Waals surface area contributed by atoms with Crippen LogP contribution in [0.5, 0.6) is 0 Å². The van der Waals surface area contributed by atoms with Crippen molar-refractivity contribution >= 4 is 11.6 Å². The Labute approximate surface area is 116 Å². The summed E-state index contributed by atoms with van der Waals surface area (Å²) >= 11 is 0. The Hall–Kier alpha value is -1.69. The van der Waals surface area contributed by atoms with Gasteiger partial charge >= 0.3 is 0 Å². The van der Waals surface area contributed by atoms with Gasteiger partial charge in [0, 0.05) is 12.6 Å². The maximum atomic E-state index is 13.8. The van der Waals surface area contributed by atoms with Gasteiger partial charge < -0.3 is 16.0 Å². The highest BCUT2D eigenvalue weighted by molar-refractivity contribution is 5.95. The lowest BCUT2D eigenvalue weighted by atomic mass is 9.94. The lowest BCUT2D eigenvalue weighted by Crippen LogP contribution is -2.49. The number of nitrogen functional groups attached to an aromatic ring is 1. The fraction of sp³-hybridized carbons (Fsp3) is 0.500. The number of rotatable bonds is 2. The summed E-state index contributed by atoms with van der Waals surface area (Å²) in [5, 5.41) is 2.71. The zero-order valence-electron chi connectivity index (χ0n) is 11.6. The van der Waals surface area contributed by atoms with Crippen LogP contribution in [0.3, 0.4) is 0 Å². The largest absolute Gasteiger partial charge is 0.396 e. The number of halogens is 2. The molecule has 1 aliphatic heterocycles. The molecule has 0 aliphatic carbocycles. The van der Waals surface area contributed by atoms with E-state index in [2.05, 4.69) is 10.2 Å². The third kappa shape index (κ3) is 2.90. The van der Waals surface area contributed by atoms with Crippen LogP contribution in [-0.2, 0) is 0 Å². The van der Waals surface area contributed by atoms with Crippen LogP contribution in [0.15, 0.2) is 12.1 Å². The first-order valence-corrected chi connectivity index (χ1v) is 6.63. The molecule has 0 bridgehead atoms. The number of amides is 1. The van der Waals surface area contributed by atoms with Crippen LogP contribution in [-0.4, -0.2) is 37.0 Å². The van der Waals surface area contributed by atoms with Crippen LogP contribution in [0.2, 0.25) is 0 Å². The summed E-state index contributed by atoms with van der Waals surface area (Å²) in [5.74, 6) is -2.41. The Morgan fingerprint density at radius 2 is 2.15 bits per heavy atom. The third-order valence-corrected chi connectivity index (χ3v) is 3.77. The number of nitrogens with zero attached hydrogens (tertiary/aromatic N) is 1. The second-order valence-electron chi connectivity index (χ2n) is 5.43. The summed E-state index contributed by atoms with van der Waals surface area (Å²) in [5.41, 5.74) is 4.55. The summed E-state index contributed by atoms with van der Waals surface area (Å²) in [7, 11) is 2.01. The van der Waals surface area contributed by atoms with Crippen molar-refractivity contribution in [3.05, 3.63) is 29.3 Å². The summed E-state index contributed by atoms with van der Waals surface area (Å²) < 4.78 is 27.4. The van der Waals surface area contributed by atoms with E-state index in [1.165, 1.54) is 0 Å². The number of carbonyl (C=O) groups excluding carboxylic acids is 1. The van der Waals surface area contributed by atoms with Crippen molar-refractivity contribution in [1.29, 1.82) is 0 Å². The van der Waals surface area contributed by atoms with Crippen molar-refractivity contribution in [3.8, 4) is 0 Å². The Bertz CT molecular complexity index is 521. The molecule has 3 N–H and O–H groups in total. The lowest BCUT2D eigenvalue weighted by Gasteiger charge is -2.35. The van der Waals surface area contributed by atoms with Gasteiger partial charge in [-0.1, -0.05) is 6.92 Å². The minimum atomic E-state index is -0.997. The summed E-state index contributed by atoms with van der Waals surface area (Å²) in [6.45, 7) is 3.69. The molecule has 4 nitrogen and oxygen atoms in total. The minimum absolute atomic E-state index is 0.0843. The smallest absolute Gasteiger partial charge is 0.257 e. The molecule has 1 aromatic carbocycles. The Morgan fingerprint density at radius 3 is 2.80 bits per heavy atom. The van der Waals surface area contributed by atoms with Crippen LogP contribution >= 0.6 is 0 Å². The zero-order chi connectivity index (χ0) is 14.9. The number of hydrogen-bond donors (Lipinski definition) is 2. The van der Waals surface area contributed by atoms with E-state index in [4.69, 9.17) is 5.73 Å². The second-order valence-corrected chi connectivity index (χ2v) is 5.43. The number of hydrogen-bond acceptors (Lipinski definition) is 3. The maximum Gasteiger partial charge on any atom is 0.257 e. The van der Waals surface area contributed by atoms with Gasteiger partial charge in [-0.3, -0.25) is 4.79 Å². The molecule has 2 atom stereocenters. The fourth-order valence-corrected chi connectivity index (χ4v) is 2.59. The van der Waals surface area contributed by atoms with Crippen molar-refractivity contribution < 1.29 is 13.6 Å². The molecule has 0 aromatic heterocycles. The SMILES string of the molecule is CC1CN(C)CCC1NC(=O)c1c(F)ccc(N)c1F. The van der Waals surface area contributed by atoms with E-state index in [0.717, 1.165) is 31.6 Å². The zero-order valence-corrected chi connectivity index (χ0v) is 11.6. The summed E-state index contributed by atoms with van der Waals surface area (Å²) in [6.07, 6.45) is 0.759. The van der Waals surface area contributed by atoms with Gasteiger partial charge in [0.25, 0.3) is 5.91 Å². The topological polar surface area (TPSA) is 58.4 Å². The van der Waals surface area contributed by atoms with E-state index in [0.29, 0.717) is 0 Å². The molecule has 20 heavy (non-hydrogen) atoms. The van der Waals surface area contributed by atoms with Gasteiger partial charge in [-0.15, -0.1) is 0 Å². The lowest BCUT2D eigenvalue weighted by molar-refractivity contribution is 0.0875. The van der Waals surface area contributed by atoms with Gasteiger partial charge in [0.05, 0.1) is 5.69 Å². The molecule has 2 unspecified atom stereocenters. The average molecular weight is 283 g/mol. The predicted octanol–water partition coefficient (Wildman–Crippen LogP) is 1.62. The molecule has 1 aromatic rings. The van der Waals surface area contributed by atoms with Crippen molar-refractivity contribution in [2.24, 2.45) is 5.92 Å². The molecule has 2 rings (SSSR count). The van der Waals surface area contributed by atoms with E-state index in [1.54, 1.807) is 0 Å². The first-order valence-electron chi connectivity index (χ1n) is 6.63. The maximum absolute atomic E-state index is 13.8. The molecular weight excluding hydrogens is 264 g/mol. The van der Waals surface area contributed by atoms with Gasteiger partial charge in [0.15, 0.2) is 5.82 Å². The van der Waals surface area contributed by atoms with Gasteiger partial charge in [0.2, 0.25) is 0 Å². The first kappa shape index (κ1) is 14.7. The van der Waals surface area contributed by atoms with Crippen molar-refractivity contribution in [1.82, 2.24) is 10.2 Å². The third-order valence-electron chi connectivity index (χ3n) is 3.77. The normalized spacial score (nSPS) is 23.6. The molecule has 0 spiro atoms. The Kier molecular flexibility index (Phi) is 4.23. The van der Waals surface area contributed by atoms with Gasteiger partial charge in [-0.05, 0) is 38.1 Å². The van der Waals surface area contributed by atoms with E-state index in [-0.39, 0.29) is 17.6 Å². The number of anilines is 1. The molecular formula is C14H19F2N3O. The van der Waals surface area contributed by atoms with Crippen molar-refractivity contribution in [2.75, 3.05) is 25.9 Å². The minimum Gasteiger partial charge on any atom is -0.396 e. The van der Waals surface area contributed by atoms with Crippen molar-refractivity contribution in [2.45, 2.75) is 19.4 Å². The van der Waals surface area contributed by atoms with Gasteiger partial charge in [-0.25, -0.2) is 8.78 Å². The summed E-state index contributed by atoms with van der Waals surface area (Å²) in [4.78, 5) is 14.2. The molecule has 1 heterocycles. The highest BCUT2D eigenvalue weighted by Gasteiger charge is 2.28. The van der Waals surface area contributed by atoms with Crippen LogP contribution < -0.4 is 11.1 Å². The van der Waals surface area contributed by atoms with Gasteiger partial charge in [-0.2, -0.15) is 0 Å². The molecule has 0 radical (unpaired) electrons. The van der Waals surface area contributed by atoms with E-state index < -0.39 is 23.1 Å². The fourth-order valence-electron chi connectivity index (χ4n) is 2.59. The molecule has 1 aliphatic rings. The van der Waals surface area contributed by atoms with Gasteiger partial charge in [0.1, 0.15) is 11.4 Å². The van der Waals surface area contributed by atoms with Crippen LogP contribution in [0.4, 0.5) is 14.5 Å². The summed E-state index contributed by atoms with van der Waals surface area (Å²) in [6, 6.07) is 2.03. The molecule has 1 fully saturated rings.